The van der Waals surface area contributed by atoms with Gasteiger partial charge in [-0.3, -0.25) is 0 Å². The second-order valence-corrected chi connectivity index (χ2v) is 3.89. The van der Waals surface area contributed by atoms with Crippen LogP contribution in [0.2, 0.25) is 0 Å². The molecule has 0 bridgehead atoms. The van der Waals surface area contributed by atoms with Crippen molar-refractivity contribution in [1.29, 1.82) is 0 Å². The molecule has 0 amide bonds. The zero-order chi connectivity index (χ0) is 12.4. The van der Waals surface area contributed by atoms with Crippen molar-refractivity contribution in [2.45, 2.75) is 6.92 Å². The lowest BCUT2D eigenvalue weighted by Crippen LogP contribution is -1.86. The number of phenols is 2. The molecular weight excluding hydrogens is 216 g/mol. The van der Waals surface area contributed by atoms with E-state index in [0.717, 1.165) is 16.7 Å². The summed E-state index contributed by atoms with van der Waals surface area (Å²) in [5.74, 6) is 0.833. The monoisotopic (exact) mass is 230 g/mol. The van der Waals surface area contributed by atoms with Gasteiger partial charge >= 0.3 is 0 Å². The highest BCUT2D eigenvalue weighted by atomic mass is 16.5. The summed E-state index contributed by atoms with van der Waals surface area (Å²) in [6.45, 7) is 1.84. The summed E-state index contributed by atoms with van der Waals surface area (Å²) in [5, 5.41) is 19.0. The van der Waals surface area contributed by atoms with E-state index in [1.54, 1.807) is 18.2 Å². The van der Waals surface area contributed by atoms with Gasteiger partial charge in [0.25, 0.3) is 0 Å². The zero-order valence-corrected chi connectivity index (χ0v) is 9.77. The molecule has 17 heavy (non-hydrogen) atoms. The number of ether oxygens (including phenoxy) is 1. The molecule has 2 N–H and O–H groups in total. The lowest BCUT2D eigenvalue weighted by molar-refractivity contribution is 0.373. The minimum absolute atomic E-state index is 0.117. The van der Waals surface area contributed by atoms with Crippen molar-refractivity contribution in [2.24, 2.45) is 0 Å². The fourth-order valence-corrected chi connectivity index (χ4v) is 1.69. The first-order valence-electron chi connectivity index (χ1n) is 5.29. The number of methoxy groups -OCH3 is 1. The summed E-state index contributed by atoms with van der Waals surface area (Å²) in [7, 11) is 1.51. The molecule has 0 saturated carbocycles. The summed E-state index contributed by atoms with van der Waals surface area (Å²) in [4.78, 5) is 0. The van der Waals surface area contributed by atoms with Crippen LogP contribution < -0.4 is 4.74 Å². The Bertz CT molecular complexity index is 547. The fourth-order valence-electron chi connectivity index (χ4n) is 1.69. The SMILES string of the molecule is COc1cc(-c2ccc(O)c(C)c2)ccc1O. The molecule has 0 fully saturated rings. The van der Waals surface area contributed by atoms with Crippen LogP contribution in [-0.4, -0.2) is 17.3 Å². The molecule has 0 atom stereocenters. The molecule has 88 valence electrons. The lowest BCUT2D eigenvalue weighted by Gasteiger charge is -2.08. The number of hydrogen-bond donors (Lipinski definition) is 2. The van der Waals surface area contributed by atoms with E-state index in [1.165, 1.54) is 7.11 Å². The van der Waals surface area contributed by atoms with E-state index in [9.17, 15) is 10.2 Å². The van der Waals surface area contributed by atoms with Crippen LogP contribution in [-0.2, 0) is 0 Å². The molecule has 0 radical (unpaired) electrons. The van der Waals surface area contributed by atoms with Gasteiger partial charge in [0.05, 0.1) is 7.11 Å². The highest BCUT2D eigenvalue weighted by Crippen LogP contribution is 2.32. The number of phenolic OH excluding ortho intramolecular Hbond substituents is 2. The van der Waals surface area contributed by atoms with Gasteiger partial charge in [0.1, 0.15) is 5.75 Å². The van der Waals surface area contributed by atoms with Gasteiger partial charge in [-0.25, -0.2) is 0 Å². The Kier molecular flexibility index (Phi) is 2.91. The lowest BCUT2D eigenvalue weighted by atomic mass is 10.0. The molecule has 0 aliphatic carbocycles. The van der Waals surface area contributed by atoms with Crippen LogP contribution in [0.5, 0.6) is 17.2 Å². The summed E-state index contributed by atoms with van der Waals surface area (Å²) in [6, 6.07) is 10.5. The third-order valence-corrected chi connectivity index (χ3v) is 2.71. The summed E-state index contributed by atoms with van der Waals surface area (Å²) in [6.07, 6.45) is 0. The van der Waals surface area contributed by atoms with Crippen LogP contribution >= 0.6 is 0 Å². The van der Waals surface area contributed by atoms with E-state index < -0.39 is 0 Å². The normalized spacial score (nSPS) is 10.2. The molecule has 2 aromatic rings. The fraction of sp³-hybridized carbons (Fsp3) is 0.143. The average molecular weight is 230 g/mol. The number of hydrogen-bond acceptors (Lipinski definition) is 3. The summed E-state index contributed by atoms with van der Waals surface area (Å²) >= 11 is 0. The second kappa shape index (κ2) is 4.37. The third kappa shape index (κ3) is 2.18. The van der Waals surface area contributed by atoms with Gasteiger partial charge in [0.2, 0.25) is 0 Å². The Balaban J connectivity index is 2.49. The highest BCUT2D eigenvalue weighted by molar-refractivity contribution is 5.68. The number of benzene rings is 2. The number of rotatable bonds is 2. The first kappa shape index (κ1) is 11.3. The van der Waals surface area contributed by atoms with Crippen molar-refractivity contribution in [3.05, 3.63) is 42.0 Å². The third-order valence-electron chi connectivity index (χ3n) is 2.71. The van der Waals surface area contributed by atoms with Crippen LogP contribution in [0.3, 0.4) is 0 Å². The molecule has 2 rings (SSSR count). The minimum atomic E-state index is 0.117. The van der Waals surface area contributed by atoms with Gasteiger partial charge in [0.15, 0.2) is 11.5 Å². The number of aromatic hydroxyl groups is 2. The predicted octanol–water partition coefficient (Wildman–Crippen LogP) is 3.08. The second-order valence-electron chi connectivity index (χ2n) is 3.89. The van der Waals surface area contributed by atoms with Gasteiger partial charge in [-0.2, -0.15) is 0 Å². The molecular formula is C14H14O3. The van der Waals surface area contributed by atoms with Crippen molar-refractivity contribution in [3.8, 4) is 28.4 Å². The maximum atomic E-state index is 9.52. The van der Waals surface area contributed by atoms with Gasteiger partial charge in [-0.15, -0.1) is 0 Å². The molecule has 3 heteroatoms. The molecule has 3 nitrogen and oxygen atoms in total. The minimum Gasteiger partial charge on any atom is -0.508 e. The van der Waals surface area contributed by atoms with Gasteiger partial charge in [-0.1, -0.05) is 12.1 Å². The highest BCUT2D eigenvalue weighted by Gasteiger charge is 2.05. The van der Waals surface area contributed by atoms with Crippen LogP contribution in [0.15, 0.2) is 36.4 Å². The smallest absolute Gasteiger partial charge is 0.161 e. The maximum Gasteiger partial charge on any atom is 0.161 e. The Morgan fingerprint density at radius 2 is 1.47 bits per heavy atom. The average Bonchev–Trinajstić information content (AvgIpc) is 2.33. The van der Waals surface area contributed by atoms with Crippen molar-refractivity contribution in [1.82, 2.24) is 0 Å². The van der Waals surface area contributed by atoms with Crippen LogP contribution in [0.25, 0.3) is 11.1 Å². The van der Waals surface area contributed by atoms with E-state index in [4.69, 9.17) is 4.74 Å². The summed E-state index contributed by atoms with van der Waals surface area (Å²) in [5.41, 5.74) is 2.72. The first-order chi connectivity index (χ1) is 8.11. The van der Waals surface area contributed by atoms with Crippen LogP contribution in [0.4, 0.5) is 0 Å². The Labute approximate surface area is 99.9 Å². The molecule has 2 aromatic carbocycles. The van der Waals surface area contributed by atoms with E-state index in [2.05, 4.69) is 0 Å². The van der Waals surface area contributed by atoms with Crippen molar-refractivity contribution >= 4 is 0 Å². The van der Waals surface area contributed by atoms with Gasteiger partial charge < -0.3 is 14.9 Å². The summed E-state index contributed by atoms with van der Waals surface area (Å²) < 4.78 is 5.06. The standard InChI is InChI=1S/C14H14O3/c1-9-7-10(3-5-12(9)15)11-4-6-13(16)14(8-11)17-2/h3-8,15-16H,1-2H3. The zero-order valence-electron chi connectivity index (χ0n) is 9.77. The topological polar surface area (TPSA) is 49.7 Å². The first-order valence-corrected chi connectivity index (χ1v) is 5.29. The molecule has 0 saturated heterocycles. The maximum absolute atomic E-state index is 9.52. The van der Waals surface area contributed by atoms with Gasteiger partial charge in [-0.05, 0) is 47.9 Å². The van der Waals surface area contributed by atoms with Crippen LogP contribution in [0, 0.1) is 6.92 Å². The molecule has 0 spiro atoms. The Hall–Kier alpha value is -2.16. The number of aryl methyl sites for hydroxylation is 1. The van der Waals surface area contributed by atoms with Crippen molar-refractivity contribution in [3.63, 3.8) is 0 Å². The predicted molar refractivity (Wildman–Crippen MR) is 66.5 cm³/mol. The molecule has 0 aromatic heterocycles. The Morgan fingerprint density at radius 3 is 2.06 bits per heavy atom. The van der Waals surface area contributed by atoms with Crippen LogP contribution in [0.1, 0.15) is 5.56 Å². The quantitative estimate of drug-likeness (QED) is 0.833. The van der Waals surface area contributed by atoms with E-state index in [1.807, 2.05) is 25.1 Å². The Morgan fingerprint density at radius 1 is 0.882 bits per heavy atom. The van der Waals surface area contributed by atoms with E-state index >= 15 is 0 Å². The molecule has 0 aliphatic rings. The molecule has 0 aliphatic heterocycles. The van der Waals surface area contributed by atoms with E-state index in [-0.39, 0.29) is 11.5 Å². The van der Waals surface area contributed by atoms with Crippen molar-refractivity contribution in [2.75, 3.05) is 7.11 Å². The van der Waals surface area contributed by atoms with Gasteiger partial charge in [0, 0.05) is 0 Å². The largest absolute Gasteiger partial charge is 0.508 e. The van der Waals surface area contributed by atoms with E-state index in [0.29, 0.717) is 5.75 Å². The molecule has 0 heterocycles. The molecule has 0 unspecified atom stereocenters. The van der Waals surface area contributed by atoms with Crippen molar-refractivity contribution < 1.29 is 14.9 Å².